The van der Waals surface area contributed by atoms with Crippen molar-refractivity contribution >= 4 is 16.3 Å². The van der Waals surface area contributed by atoms with Crippen molar-refractivity contribution in [3.8, 4) is 0 Å². The van der Waals surface area contributed by atoms with Crippen molar-refractivity contribution in [2.24, 2.45) is 5.73 Å². The summed E-state index contributed by atoms with van der Waals surface area (Å²) in [4.78, 5) is 5.67. The smallest absolute Gasteiger partial charge is 0.193 e. The molecule has 2 aromatic rings. The van der Waals surface area contributed by atoms with Crippen LogP contribution in [0.5, 0.6) is 0 Å². The minimum atomic E-state index is 0.257. The molecule has 0 aliphatic heterocycles. The third-order valence-electron chi connectivity index (χ3n) is 3.04. The standard InChI is InChI=1S/C12H15N3S/c13-10-3-1-2-9(6-10)7-11-8-15-4-5-16-12(15)14-11/h4-6,8,10H,1-3,7,13H2. The molecule has 0 bridgehead atoms. The minimum Gasteiger partial charge on any atom is -0.324 e. The molecule has 84 valence electrons. The lowest BCUT2D eigenvalue weighted by molar-refractivity contribution is 0.616. The van der Waals surface area contributed by atoms with E-state index in [0.717, 1.165) is 23.5 Å². The summed E-state index contributed by atoms with van der Waals surface area (Å²) in [6, 6.07) is 0.257. The van der Waals surface area contributed by atoms with Crippen LogP contribution < -0.4 is 5.73 Å². The Bertz CT molecular complexity index is 495. The van der Waals surface area contributed by atoms with Gasteiger partial charge in [-0.25, -0.2) is 4.98 Å². The first-order valence-corrected chi connectivity index (χ1v) is 6.55. The Kier molecular flexibility index (Phi) is 2.53. The quantitative estimate of drug-likeness (QED) is 0.809. The maximum Gasteiger partial charge on any atom is 0.193 e. The van der Waals surface area contributed by atoms with Crippen LogP contribution in [0.25, 0.3) is 4.96 Å². The van der Waals surface area contributed by atoms with Crippen molar-refractivity contribution in [3.05, 3.63) is 35.1 Å². The summed E-state index contributed by atoms with van der Waals surface area (Å²) in [7, 11) is 0. The van der Waals surface area contributed by atoms with Gasteiger partial charge < -0.3 is 5.73 Å². The van der Waals surface area contributed by atoms with E-state index in [9.17, 15) is 0 Å². The lowest BCUT2D eigenvalue weighted by Gasteiger charge is -2.16. The van der Waals surface area contributed by atoms with Gasteiger partial charge in [-0.2, -0.15) is 0 Å². The van der Waals surface area contributed by atoms with Crippen molar-refractivity contribution < 1.29 is 0 Å². The fourth-order valence-corrected chi connectivity index (χ4v) is 2.99. The van der Waals surface area contributed by atoms with Gasteiger partial charge in [-0.15, -0.1) is 11.3 Å². The summed E-state index contributed by atoms with van der Waals surface area (Å²) >= 11 is 1.68. The van der Waals surface area contributed by atoms with Gasteiger partial charge in [0.2, 0.25) is 0 Å². The van der Waals surface area contributed by atoms with Gasteiger partial charge in [0.25, 0.3) is 0 Å². The van der Waals surface area contributed by atoms with E-state index in [-0.39, 0.29) is 6.04 Å². The Morgan fingerprint density at radius 3 is 3.31 bits per heavy atom. The van der Waals surface area contributed by atoms with E-state index in [2.05, 4.69) is 33.2 Å². The molecule has 16 heavy (non-hydrogen) atoms. The third kappa shape index (κ3) is 1.90. The van der Waals surface area contributed by atoms with Gasteiger partial charge in [-0.3, -0.25) is 4.40 Å². The zero-order chi connectivity index (χ0) is 11.0. The van der Waals surface area contributed by atoms with E-state index in [0.29, 0.717) is 0 Å². The normalized spacial score (nSPS) is 21.3. The first-order chi connectivity index (χ1) is 7.81. The molecule has 0 radical (unpaired) electrons. The summed E-state index contributed by atoms with van der Waals surface area (Å²) in [5.41, 5.74) is 8.54. The van der Waals surface area contributed by atoms with Crippen LogP contribution >= 0.6 is 11.3 Å². The fourth-order valence-electron chi connectivity index (χ4n) is 2.28. The van der Waals surface area contributed by atoms with Crippen LogP contribution in [0.15, 0.2) is 29.4 Å². The van der Waals surface area contributed by atoms with Crippen LogP contribution in [0.4, 0.5) is 0 Å². The summed E-state index contributed by atoms with van der Waals surface area (Å²) in [5.74, 6) is 0. The highest BCUT2D eigenvalue weighted by atomic mass is 32.1. The summed E-state index contributed by atoms with van der Waals surface area (Å²) in [5, 5.41) is 2.06. The molecule has 0 saturated heterocycles. The zero-order valence-electron chi connectivity index (χ0n) is 9.10. The molecule has 4 heteroatoms. The molecule has 2 aromatic heterocycles. The van der Waals surface area contributed by atoms with Crippen LogP contribution in [0.1, 0.15) is 25.0 Å². The SMILES string of the molecule is NC1C=C(Cc2cn3ccsc3n2)CCC1. The summed E-state index contributed by atoms with van der Waals surface area (Å²) in [6.07, 6.45) is 10.9. The highest BCUT2D eigenvalue weighted by Gasteiger charge is 2.11. The average molecular weight is 233 g/mol. The first kappa shape index (κ1) is 10.1. The molecule has 1 aliphatic rings. The second kappa shape index (κ2) is 4.03. The van der Waals surface area contributed by atoms with Crippen LogP contribution in [-0.2, 0) is 6.42 Å². The number of nitrogens with two attached hydrogens (primary N) is 1. The van der Waals surface area contributed by atoms with Crippen molar-refractivity contribution in [2.75, 3.05) is 0 Å². The minimum absolute atomic E-state index is 0.257. The topological polar surface area (TPSA) is 43.3 Å². The molecule has 0 spiro atoms. The van der Waals surface area contributed by atoms with Gasteiger partial charge in [-0.05, 0) is 19.3 Å². The van der Waals surface area contributed by atoms with E-state index in [1.54, 1.807) is 11.3 Å². The Balaban J connectivity index is 1.81. The molecular formula is C12H15N3S. The second-order valence-electron chi connectivity index (χ2n) is 4.38. The van der Waals surface area contributed by atoms with Crippen LogP contribution in [0, 0.1) is 0 Å². The Morgan fingerprint density at radius 2 is 2.50 bits per heavy atom. The van der Waals surface area contributed by atoms with Gasteiger partial charge in [0.05, 0.1) is 5.69 Å². The molecule has 2 heterocycles. The molecule has 0 fully saturated rings. The van der Waals surface area contributed by atoms with Gasteiger partial charge in [0.15, 0.2) is 4.96 Å². The van der Waals surface area contributed by atoms with E-state index < -0.39 is 0 Å². The molecular weight excluding hydrogens is 218 g/mol. The fraction of sp³-hybridized carbons (Fsp3) is 0.417. The maximum absolute atomic E-state index is 5.93. The Hall–Kier alpha value is -1.13. The van der Waals surface area contributed by atoms with E-state index >= 15 is 0 Å². The molecule has 1 unspecified atom stereocenters. The number of aromatic nitrogens is 2. The molecule has 1 aliphatic carbocycles. The largest absolute Gasteiger partial charge is 0.324 e. The van der Waals surface area contributed by atoms with Crippen LogP contribution in [-0.4, -0.2) is 15.4 Å². The second-order valence-corrected chi connectivity index (χ2v) is 5.26. The number of fused-ring (bicyclic) bond motifs is 1. The number of allylic oxidation sites excluding steroid dienone is 1. The first-order valence-electron chi connectivity index (χ1n) is 5.67. The molecule has 0 amide bonds. The van der Waals surface area contributed by atoms with Gasteiger partial charge >= 0.3 is 0 Å². The van der Waals surface area contributed by atoms with Crippen molar-refractivity contribution in [2.45, 2.75) is 31.7 Å². The van der Waals surface area contributed by atoms with Gasteiger partial charge in [0.1, 0.15) is 0 Å². The predicted molar refractivity (Wildman–Crippen MR) is 66.7 cm³/mol. The highest BCUT2D eigenvalue weighted by molar-refractivity contribution is 7.15. The van der Waals surface area contributed by atoms with Gasteiger partial charge in [-0.1, -0.05) is 11.6 Å². The summed E-state index contributed by atoms with van der Waals surface area (Å²) < 4.78 is 2.09. The predicted octanol–water partition coefficient (Wildman–Crippen LogP) is 2.38. The van der Waals surface area contributed by atoms with Gasteiger partial charge in [0, 0.05) is 30.2 Å². The van der Waals surface area contributed by atoms with E-state index in [4.69, 9.17) is 5.73 Å². The number of rotatable bonds is 2. The van der Waals surface area contributed by atoms with Crippen LogP contribution in [0.2, 0.25) is 0 Å². The molecule has 3 nitrogen and oxygen atoms in total. The molecule has 1 atom stereocenters. The number of imidazole rings is 1. The zero-order valence-corrected chi connectivity index (χ0v) is 9.91. The number of hydrogen-bond donors (Lipinski definition) is 1. The monoisotopic (exact) mass is 233 g/mol. The van der Waals surface area contributed by atoms with E-state index in [1.165, 1.54) is 18.4 Å². The average Bonchev–Trinajstić information content (AvgIpc) is 2.77. The van der Waals surface area contributed by atoms with Crippen molar-refractivity contribution in [3.63, 3.8) is 0 Å². The maximum atomic E-state index is 5.93. The van der Waals surface area contributed by atoms with Crippen molar-refractivity contribution in [1.82, 2.24) is 9.38 Å². The highest BCUT2D eigenvalue weighted by Crippen LogP contribution is 2.21. The molecule has 3 rings (SSSR count). The van der Waals surface area contributed by atoms with Crippen molar-refractivity contribution in [1.29, 1.82) is 0 Å². The van der Waals surface area contributed by atoms with Crippen LogP contribution in [0.3, 0.4) is 0 Å². The molecule has 0 saturated carbocycles. The lowest BCUT2D eigenvalue weighted by atomic mass is 9.93. The van der Waals surface area contributed by atoms with E-state index in [1.807, 2.05) is 0 Å². The molecule has 0 aromatic carbocycles. The lowest BCUT2D eigenvalue weighted by Crippen LogP contribution is -2.20. The Morgan fingerprint density at radius 1 is 1.56 bits per heavy atom. The number of hydrogen-bond acceptors (Lipinski definition) is 3. The number of nitrogens with zero attached hydrogens (tertiary/aromatic N) is 2. The number of thiazole rings is 1. The Labute approximate surface area is 98.6 Å². The third-order valence-corrected chi connectivity index (χ3v) is 3.81. The molecule has 2 N–H and O–H groups in total. The summed E-state index contributed by atoms with van der Waals surface area (Å²) in [6.45, 7) is 0.